The van der Waals surface area contributed by atoms with E-state index in [1.54, 1.807) is 0 Å². The zero-order valence-electron chi connectivity index (χ0n) is 11.4. The number of benzene rings is 1. The Morgan fingerprint density at radius 2 is 2.15 bits per heavy atom. The van der Waals surface area contributed by atoms with Crippen LogP contribution in [-0.4, -0.2) is 37.9 Å². The molecule has 0 spiro atoms. The molecule has 20 heavy (non-hydrogen) atoms. The van der Waals surface area contributed by atoms with Crippen molar-refractivity contribution >= 4 is 21.6 Å². The lowest BCUT2D eigenvalue weighted by atomic mass is 10.0. The summed E-state index contributed by atoms with van der Waals surface area (Å²) in [6, 6.07) is 6.21. The van der Waals surface area contributed by atoms with Crippen LogP contribution < -0.4 is 5.32 Å². The summed E-state index contributed by atoms with van der Waals surface area (Å²) >= 11 is 5.89. The molecule has 0 amide bonds. The van der Waals surface area contributed by atoms with Crippen molar-refractivity contribution in [3.8, 4) is 6.07 Å². The minimum Gasteiger partial charge on any atom is -0.314 e. The summed E-state index contributed by atoms with van der Waals surface area (Å²) in [5, 5.41) is 12.6. The molecule has 1 saturated heterocycles. The molecule has 0 saturated carbocycles. The van der Waals surface area contributed by atoms with Crippen LogP contribution in [0.25, 0.3) is 0 Å². The zero-order valence-corrected chi connectivity index (χ0v) is 12.9. The number of nitrogens with zero attached hydrogens (tertiary/aromatic N) is 2. The second-order valence-corrected chi connectivity index (χ2v) is 7.59. The molecule has 1 aromatic carbocycles. The maximum atomic E-state index is 12.8. The van der Waals surface area contributed by atoms with Gasteiger partial charge in [-0.05, 0) is 32.0 Å². The molecule has 0 bridgehead atoms. The summed E-state index contributed by atoms with van der Waals surface area (Å²) in [6.07, 6.45) is 0. The molecule has 108 valence electrons. The Morgan fingerprint density at radius 1 is 1.45 bits per heavy atom. The summed E-state index contributed by atoms with van der Waals surface area (Å²) in [5.41, 5.74) is -0.435. The first kappa shape index (κ1) is 15.3. The van der Waals surface area contributed by atoms with Gasteiger partial charge in [-0.1, -0.05) is 11.6 Å². The van der Waals surface area contributed by atoms with E-state index in [4.69, 9.17) is 16.9 Å². The van der Waals surface area contributed by atoms with Gasteiger partial charge in [-0.2, -0.15) is 9.57 Å². The SMILES string of the molecule is CC1(C)CNCCN1S(=O)(=O)c1cc(Cl)ccc1C#N. The van der Waals surface area contributed by atoms with Crippen LogP contribution in [0.1, 0.15) is 19.4 Å². The maximum Gasteiger partial charge on any atom is 0.245 e. The van der Waals surface area contributed by atoms with Gasteiger partial charge in [0, 0.05) is 30.2 Å². The molecule has 2 rings (SSSR count). The second-order valence-electron chi connectivity index (χ2n) is 5.32. The van der Waals surface area contributed by atoms with E-state index in [-0.39, 0.29) is 10.5 Å². The van der Waals surface area contributed by atoms with Crippen LogP contribution in [0.3, 0.4) is 0 Å². The summed E-state index contributed by atoms with van der Waals surface area (Å²) < 4.78 is 27.1. The van der Waals surface area contributed by atoms with E-state index >= 15 is 0 Å². The molecule has 0 atom stereocenters. The van der Waals surface area contributed by atoms with Gasteiger partial charge in [0.15, 0.2) is 0 Å². The highest BCUT2D eigenvalue weighted by atomic mass is 35.5. The molecule has 1 aliphatic heterocycles. The third kappa shape index (κ3) is 2.67. The maximum absolute atomic E-state index is 12.8. The summed E-state index contributed by atoms with van der Waals surface area (Å²) in [6.45, 7) is 5.23. The quantitative estimate of drug-likeness (QED) is 0.899. The van der Waals surface area contributed by atoms with Crippen LogP contribution in [0, 0.1) is 11.3 Å². The van der Waals surface area contributed by atoms with Crippen LogP contribution in [0.4, 0.5) is 0 Å². The van der Waals surface area contributed by atoms with Crippen molar-refractivity contribution in [2.45, 2.75) is 24.3 Å². The van der Waals surface area contributed by atoms with E-state index in [1.807, 2.05) is 19.9 Å². The molecule has 0 aromatic heterocycles. The Bertz CT molecular complexity index is 665. The molecule has 1 N–H and O–H groups in total. The van der Waals surface area contributed by atoms with Gasteiger partial charge < -0.3 is 5.32 Å². The molecule has 1 aliphatic rings. The molecule has 1 aromatic rings. The number of sulfonamides is 1. The van der Waals surface area contributed by atoms with Crippen LogP contribution in [0.5, 0.6) is 0 Å². The van der Waals surface area contributed by atoms with Gasteiger partial charge >= 0.3 is 0 Å². The van der Waals surface area contributed by atoms with E-state index in [2.05, 4.69) is 5.32 Å². The lowest BCUT2D eigenvalue weighted by molar-refractivity contribution is 0.186. The van der Waals surface area contributed by atoms with Gasteiger partial charge in [-0.3, -0.25) is 0 Å². The number of piperazine rings is 1. The summed E-state index contributed by atoms with van der Waals surface area (Å²) in [7, 11) is -3.75. The van der Waals surface area contributed by atoms with Gasteiger partial charge in [0.1, 0.15) is 11.0 Å². The fraction of sp³-hybridized carbons (Fsp3) is 0.462. The normalized spacial score (nSPS) is 19.5. The van der Waals surface area contributed by atoms with Crippen LogP contribution in [-0.2, 0) is 10.0 Å². The van der Waals surface area contributed by atoms with Crippen LogP contribution in [0.15, 0.2) is 23.1 Å². The Labute approximate surface area is 124 Å². The minimum atomic E-state index is -3.75. The fourth-order valence-electron chi connectivity index (χ4n) is 2.33. The van der Waals surface area contributed by atoms with E-state index < -0.39 is 15.6 Å². The van der Waals surface area contributed by atoms with Gasteiger partial charge in [0.05, 0.1) is 5.56 Å². The highest BCUT2D eigenvalue weighted by Crippen LogP contribution is 2.29. The molecule has 1 heterocycles. The minimum absolute atomic E-state index is 0.0255. The number of halogens is 1. The molecule has 0 unspecified atom stereocenters. The van der Waals surface area contributed by atoms with Crippen molar-refractivity contribution in [1.82, 2.24) is 9.62 Å². The predicted molar refractivity (Wildman–Crippen MR) is 77.0 cm³/mol. The lowest BCUT2D eigenvalue weighted by Crippen LogP contribution is -2.59. The number of hydrogen-bond donors (Lipinski definition) is 1. The molecule has 5 nitrogen and oxygen atoms in total. The average Bonchev–Trinajstić information content (AvgIpc) is 2.37. The van der Waals surface area contributed by atoms with Crippen molar-refractivity contribution in [1.29, 1.82) is 5.26 Å². The monoisotopic (exact) mass is 313 g/mol. The van der Waals surface area contributed by atoms with Crippen molar-refractivity contribution in [2.24, 2.45) is 0 Å². The first-order valence-electron chi connectivity index (χ1n) is 6.22. The van der Waals surface area contributed by atoms with Crippen molar-refractivity contribution in [3.05, 3.63) is 28.8 Å². The van der Waals surface area contributed by atoms with Crippen molar-refractivity contribution < 1.29 is 8.42 Å². The largest absolute Gasteiger partial charge is 0.314 e. The molecule has 0 aliphatic carbocycles. The topological polar surface area (TPSA) is 73.2 Å². The van der Waals surface area contributed by atoms with Gasteiger partial charge in [0.25, 0.3) is 0 Å². The highest BCUT2D eigenvalue weighted by Gasteiger charge is 2.40. The van der Waals surface area contributed by atoms with Crippen molar-refractivity contribution in [2.75, 3.05) is 19.6 Å². The Balaban J connectivity index is 2.56. The standard InChI is InChI=1S/C13H16ClN3O2S/c1-13(2)9-16-5-6-17(13)20(18,19)12-7-11(14)4-3-10(12)8-15/h3-4,7,16H,5-6,9H2,1-2H3. The van der Waals surface area contributed by atoms with E-state index in [0.717, 1.165) is 0 Å². The van der Waals surface area contributed by atoms with Gasteiger partial charge in [0.2, 0.25) is 10.0 Å². The molecule has 1 fully saturated rings. The summed E-state index contributed by atoms with van der Waals surface area (Å²) in [5.74, 6) is 0. The molecule has 7 heteroatoms. The second kappa shape index (κ2) is 5.34. The first-order valence-corrected chi connectivity index (χ1v) is 8.04. The first-order chi connectivity index (χ1) is 9.29. The van der Waals surface area contributed by atoms with Gasteiger partial charge in [-0.25, -0.2) is 8.42 Å². The van der Waals surface area contributed by atoms with Gasteiger partial charge in [-0.15, -0.1) is 0 Å². The van der Waals surface area contributed by atoms with Crippen LogP contribution in [0.2, 0.25) is 5.02 Å². The average molecular weight is 314 g/mol. The lowest BCUT2D eigenvalue weighted by Gasteiger charge is -2.41. The molecular weight excluding hydrogens is 298 g/mol. The number of nitriles is 1. The highest BCUT2D eigenvalue weighted by molar-refractivity contribution is 7.89. The van der Waals surface area contributed by atoms with Crippen LogP contribution >= 0.6 is 11.6 Å². The number of nitrogens with one attached hydrogen (secondary N) is 1. The number of rotatable bonds is 2. The third-order valence-corrected chi connectivity index (χ3v) is 5.74. The van der Waals surface area contributed by atoms with E-state index in [1.165, 1.54) is 22.5 Å². The predicted octanol–water partition coefficient (Wildman–Crippen LogP) is 1.58. The fourth-order valence-corrected chi connectivity index (χ4v) is 4.52. The Hall–Kier alpha value is -1.13. The third-order valence-electron chi connectivity index (χ3n) is 3.36. The molecule has 0 radical (unpaired) electrons. The Morgan fingerprint density at radius 3 is 2.75 bits per heavy atom. The smallest absolute Gasteiger partial charge is 0.245 e. The summed E-state index contributed by atoms with van der Waals surface area (Å²) in [4.78, 5) is -0.0255. The molecular formula is C13H16ClN3O2S. The van der Waals surface area contributed by atoms with E-state index in [9.17, 15) is 8.42 Å². The Kier molecular flexibility index (Phi) is 4.07. The number of hydrogen-bond acceptors (Lipinski definition) is 4. The van der Waals surface area contributed by atoms with E-state index in [0.29, 0.717) is 24.7 Å². The van der Waals surface area contributed by atoms with Crippen molar-refractivity contribution in [3.63, 3.8) is 0 Å². The zero-order chi connectivity index (χ0) is 15.0.